The van der Waals surface area contributed by atoms with Crippen molar-refractivity contribution in [2.45, 2.75) is 19.8 Å². The van der Waals surface area contributed by atoms with Crippen LogP contribution in [0.5, 0.6) is 0 Å². The van der Waals surface area contributed by atoms with Gasteiger partial charge >= 0.3 is 5.97 Å². The van der Waals surface area contributed by atoms with Gasteiger partial charge in [0.2, 0.25) is 0 Å². The van der Waals surface area contributed by atoms with Crippen molar-refractivity contribution in [3.05, 3.63) is 0 Å². The number of fused-ring (bicyclic) bond motifs is 3. The third-order valence-electron chi connectivity index (χ3n) is 2.77. The summed E-state index contributed by atoms with van der Waals surface area (Å²) < 4.78 is 16.1. The number of carboxylic acids is 1. The maximum atomic E-state index is 10.8. The Bertz CT molecular complexity index is 237. The Labute approximate surface area is 81.9 Å². The van der Waals surface area contributed by atoms with Crippen LogP contribution >= 0.6 is 0 Å². The predicted molar refractivity (Wildman–Crippen MR) is 45.5 cm³/mol. The van der Waals surface area contributed by atoms with Crippen LogP contribution in [0.1, 0.15) is 13.8 Å². The van der Waals surface area contributed by atoms with Gasteiger partial charge in [-0.05, 0) is 6.92 Å². The molecule has 0 aromatic heterocycles. The molecule has 0 aromatic rings. The SMILES string of the molecule is CC(C(=O)O)C12OCC(C)(CO1)CO2. The summed E-state index contributed by atoms with van der Waals surface area (Å²) in [6.45, 7) is 4.98. The molecule has 0 aromatic carbocycles. The van der Waals surface area contributed by atoms with Crippen molar-refractivity contribution in [1.82, 2.24) is 0 Å². The average Bonchev–Trinajstić information content (AvgIpc) is 2.18. The molecule has 0 aliphatic carbocycles. The normalized spacial score (nSPS) is 43.6. The lowest BCUT2D eigenvalue weighted by Crippen LogP contribution is -2.62. The smallest absolute Gasteiger partial charge is 0.314 e. The zero-order chi connectivity index (χ0) is 10.4. The first-order valence-electron chi connectivity index (χ1n) is 4.62. The molecule has 0 amide bonds. The third-order valence-corrected chi connectivity index (χ3v) is 2.77. The maximum absolute atomic E-state index is 10.8. The van der Waals surface area contributed by atoms with Crippen molar-refractivity contribution in [1.29, 1.82) is 0 Å². The van der Waals surface area contributed by atoms with Gasteiger partial charge in [0, 0.05) is 5.41 Å². The van der Waals surface area contributed by atoms with E-state index in [1.54, 1.807) is 0 Å². The second kappa shape index (κ2) is 2.92. The van der Waals surface area contributed by atoms with Gasteiger partial charge < -0.3 is 19.3 Å². The van der Waals surface area contributed by atoms with Gasteiger partial charge in [-0.2, -0.15) is 0 Å². The zero-order valence-corrected chi connectivity index (χ0v) is 8.28. The monoisotopic (exact) mass is 202 g/mol. The van der Waals surface area contributed by atoms with Crippen LogP contribution in [0.4, 0.5) is 0 Å². The van der Waals surface area contributed by atoms with Crippen molar-refractivity contribution < 1.29 is 24.1 Å². The molecule has 3 fully saturated rings. The van der Waals surface area contributed by atoms with E-state index in [4.69, 9.17) is 19.3 Å². The van der Waals surface area contributed by atoms with E-state index in [1.807, 2.05) is 6.92 Å². The van der Waals surface area contributed by atoms with Crippen LogP contribution in [-0.2, 0) is 19.0 Å². The molecule has 0 saturated carbocycles. The van der Waals surface area contributed by atoms with Crippen LogP contribution in [0, 0.1) is 11.3 Å². The number of hydrogen-bond acceptors (Lipinski definition) is 4. The highest BCUT2D eigenvalue weighted by Crippen LogP contribution is 2.41. The highest BCUT2D eigenvalue weighted by Gasteiger charge is 2.55. The van der Waals surface area contributed by atoms with Gasteiger partial charge in [0.15, 0.2) is 0 Å². The Morgan fingerprint density at radius 1 is 1.29 bits per heavy atom. The molecule has 2 bridgehead atoms. The molecule has 3 heterocycles. The van der Waals surface area contributed by atoms with Gasteiger partial charge in [-0.1, -0.05) is 6.92 Å². The van der Waals surface area contributed by atoms with Gasteiger partial charge in [0.25, 0.3) is 5.97 Å². The van der Waals surface area contributed by atoms with E-state index in [9.17, 15) is 4.79 Å². The second-order valence-corrected chi connectivity index (χ2v) is 4.34. The number of carbonyl (C=O) groups is 1. The highest BCUT2D eigenvalue weighted by atomic mass is 16.9. The molecular formula is C9H14O5. The molecule has 1 unspecified atom stereocenters. The minimum Gasteiger partial charge on any atom is -0.481 e. The summed E-state index contributed by atoms with van der Waals surface area (Å²) in [7, 11) is 0. The molecule has 3 saturated heterocycles. The molecule has 3 aliphatic heterocycles. The van der Waals surface area contributed by atoms with Crippen molar-refractivity contribution in [3.63, 3.8) is 0 Å². The van der Waals surface area contributed by atoms with Crippen molar-refractivity contribution in [3.8, 4) is 0 Å². The molecule has 3 aliphatic rings. The van der Waals surface area contributed by atoms with Crippen LogP contribution < -0.4 is 0 Å². The summed E-state index contributed by atoms with van der Waals surface area (Å²) in [6, 6.07) is 0. The van der Waals surface area contributed by atoms with E-state index in [0.29, 0.717) is 19.8 Å². The Morgan fingerprint density at radius 3 is 2.07 bits per heavy atom. The summed E-state index contributed by atoms with van der Waals surface area (Å²) in [6.07, 6.45) is 0. The number of ether oxygens (including phenoxy) is 3. The molecule has 1 N–H and O–H groups in total. The molecular weight excluding hydrogens is 188 g/mol. The highest BCUT2D eigenvalue weighted by molar-refractivity contribution is 5.70. The lowest BCUT2D eigenvalue weighted by molar-refractivity contribution is -0.478. The van der Waals surface area contributed by atoms with E-state index < -0.39 is 17.9 Å². The van der Waals surface area contributed by atoms with Crippen molar-refractivity contribution >= 4 is 5.97 Å². The van der Waals surface area contributed by atoms with Crippen LogP contribution in [0.25, 0.3) is 0 Å². The molecule has 3 rings (SSSR count). The molecule has 5 nitrogen and oxygen atoms in total. The summed E-state index contributed by atoms with van der Waals surface area (Å²) in [4.78, 5) is 10.8. The summed E-state index contributed by atoms with van der Waals surface area (Å²) >= 11 is 0. The molecule has 80 valence electrons. The number of rotatable bonds is 2. The summed E-state index contributed by atoms with van der Waals surface area (Å²) in [5, 5.41) is 8.87. The average molecular weight is 202 g/mol. The first-order chi connectivity index (χ1) is 6.48. The molecule has 14 heavy (non-hydrogen) atoms. The number of aliphatic carboxylic acids is 1. The Kier molecular flexibility index (Phi) is 2.06. The van der Waals surface area contributed by atoms with E-state index in [-0.39, 0.29) is 5.41 Å². The Morgan fingerprint density at radius 2 is 1.71 bits per heavy atom. The molecule has 5 heteroatoms. The fraction of sp³-hybridized carbons (Fsp3) is 0.889. The third kappa shape index (κ3) is 1.32. The first-order valence-corrected chi connectivity index (χ1v) is 4.62. The number of hydrogen-bond donors (Lipinski definition) is 1. The van der Waals surface area contributed by atoms with E-state index in [0.717, 1.165) is 0 Å². The molecule has 0 radical (unpaired) electrons. The van der Waals surface area contributed by atoms with Crippen LogP contribution in [-0.4, -0.2) is 36.9 Å². The Hall–Kier alpha value is -0.650. The van der Waals surface area contributed by atoms with Gasteiger partial charge in [-0.3, -0.25) is 4.79 Å². The Balaban J connectivity index is 2.16. The van der Waals surface area contributed by atoms with Gasteiger partial charge in [0.1, 0.15) is 5.92 Å². The van der Waals surface area contributed by atoms with Crippen LogP contribution in [0.15, 0.2) is 0 Å². The minimum absolute atomic E-state index is 0.125. The molecule has 1 atom stereocenters. The fourth-order valence-electron chi connectivity index (χ4n) is 1.60. The number of carboxylic acid groups (broad SMARTS) is 1. The van der Waals surface area contributed by atoms with Crippen molar-refractivity contribution in [2.24, 2.45) is 11.3 Å². The predicted octanol–water partition coefficient (Wildman–Crippen LogP) is 0.444. The maximum Gasteiger partial charge on any atom is 0.314 e. The van der Waals surface area contributed by atoms with Gasteiger partial charge in [-0.15, -0.1) is 0 Å². The van der Waals surface area contributed by atoms with Crippen LogP contribution in [0.3, 0.4) is 0 Å². The lowest BCUT2D eigenvalue weighted by atomic mass is 9.90. The lowest BCUT2D eigenvalue weighted by Gasteiger charge is -2.51. The van der Waals surface area contributed by atoms with Gasteiger partial charge in [-0.25, -0.2) is 0 Å². The summed E-state index contributed by atoms with van der Waals surface area (Å²) in [5.41, 5.74) is -0.125. The zero-order valence-electron chi connectivity index (χ0n) is 8.28. The first kappa shape index (κ1) is 9.89. The largest absolute Gasteiger partial charge is 0.481 e. The van der Waals surface area contributed by atoms with Crippen molar-refractivity contribution in [2.75, 3.05) is 19.8 Å². The van der Waals surface area contributed by atoms with Crippen LogP contribution in [0.2, 0.25) is 0 Å². The molecule has 0 spiro atoms. The second-order valence-electron chi connectivity index (χ2n) is 4.34. The van der Waals surface area contributed by atoms with E-state index in [1.165, 1.54) is 6.92 Å². The fourth-order valence-corrected chi connectivity index (χ4v) is 1.60. The van der Waals surface area contributed by atoms with Gasteiger partial charge in [0.05, 0.1) is 19.8 Å². The quantitative estimate of drug-likeness (QED) is 0.704. The standard InChI is InChI=1S/C9H14O5/c1-6(7(10)11)9-12-3-8(2,4-13-9)5-14-9/h6H,3-5H2,1-2H3,(H,10,11). The summed E-state index contributed by atoms with van der Waals surface area (Å²) in [5.74, 6) is -3.15. The topological polar surface area (TPSA) is 65.0 Å². The van der Waals surface area contributed by atoms with E-state index >= 15 is 0 Å². The minimum atomic E-state index is -1.36. The van der Waals surface area contributed by atoms with E-state index in [2.05, 4.69) is 0 Å².